The third kappa shape index (κ3) is 5.06. The van der Waals surface area contributed by atoms with Crippen molar-refractivity contribution in [3.63, 3.8) is 0 Å². The summed E-state index contributed by atoms with van der Waals surface area (Å²) < 4.78 is 5.01. The van der Waals surface area contributed by atoms with Crippen LogP contribution in [0.2, 0.25) is 0 Å². The minimum Gasteiger partial charge on any atom is -0.345 e. The van der Waals surface area contributed by atoms with Gasteiger partial charge in [0.05, 0.1) is 22.8 Å². The van der Waals surface area contributed by atoms with E-state index in [2.05, 4.69) is 212 Å². The van der Waals surface area contributed by atoms with Crippen LogP contribution >= 0.6 is 11.3 Å². The van der Waals surface area contributed by atoms with Gasteiger partial charge in [-0.15, -0.1) is 11.3 Å². The molecule has 2 aliphatic carbocycles. The lowest BCUT2D eigenvalue weighted by molar-refractivity contribution is 0.660. The van der Waals surface area contributed by atoms with E-state index in [0.29, 0.717) is 0 Å². The molecule has 0 fully saturated rings. The highest BCUT2D eigenvalue weighted by atomic mass is 32.1. The minimum atomic E-state index is -0.0965. The van der Waals surface area contributed by atoms with Crippen molar-refractivity contribution < 1.29 is 0 Å². The summed E-state index contributed by atoms with van der Waals surface area (Å²) in [5.74, 6) is 0.834. The smallest absolute Gasteiger partial charge is 0.209 e. The Morgan fingerprint density at radius 1 is 0.557 bits per heavy atom. The number of thiophene rings is 1. The fourth-order valence-electron chi connectivity index (χ4n) is 10.5. The summed E-state index contributed by atoms with van der Waals surface area (Å²) in [7, 11) is 0. The van der Waals surface area contributed by atoms with Crippen LogP contribution in [0.25, 0.3) is 91.8 Å². The second-order valence-corrected chi connectivity index (χ2v) is 18.2. The van der Waals surface area contributed by atoms with Crippen LogP contribution in [0.5, 0.6) is 0 Å². The van der Waals surface area contributed by atoms with Gasteiger partial charge in [-0.2, -0.15) is 0 Å². The van der Waals surface area contributed by atoms with Crippen molar-refractivity contribution in [2.45, 2.75) is 25.3 Å². The van der Waals surface area contributed by atoms with Crippen molar-refractivity contribution >= 4 is 75.7 Å². The topological polar surface area (TPSA) is 29.3 Å². The van der Waals surface area contributed by atoms with Gasteiger partial charge in [0.1, 0.15) is 0 Å². The van der Waals surface area contributed by atoms with Gasteiger partial charge in [0, 0.05) is 47.5 Å². The molecule has 13 rings (SSSR count). The number of rotatable bonds is 3. The highest BCUT2D eigenvalue weighted by Crippen LogP contribution is 2.50. The molecule has 0 bridgehead atoms. The average molecular weight is 798 g/mol. The zero-order valence-corrected chi connectivity index (χ0v) is 34.6. The number of nitrogens with zero attached hydrogens (tertiary/aromatic N) is 2. The van der Waals surface area contributed by atoms with Crippen LogP contribution in [-0.2, 0) is 5.41 Å². The number of hydrogen-bond donors (Lipinski definition) is 1. The van der Waals surface area contributed by atoms with Crippen LogP contribution < -0.4 is 5.32 Å². The van der Waals surface area contributed by atoms with E-state index in [9.17, 15) is 0 Å². The fourth-order valence-corrected chi connectivity index (χ4v) is 11.7. The van der Waals surface area contributed by atoms with Gasteiger partial charge in [0.2, 0.25) is 5.96 Å². The van der Waals surface area contributed by atoms with Crippen LogP contribution in [-0.4, -0.2) is 16.6 Å². The van der Waals surface area contributed by atoms with Gasteiger partial charge >= 0.3 is 0 Å². The quantitative estimate of drug-likeness (QED) is 0.190. The summed E-state index contributed by atoms with van der Waals surface area (Å²) >= 11 is 1.88. The van der Waals surface area contributed by atoms with Gasteiger partial charge in [-0.1, -0.05) is 172 Å². The Morgan fingerprint density at radius 2 is 1.30 bits per heavy atom. The molecular formula is C57H39N3S. The lowest BCUT2D eigenvalue weighted by atomic mass is 9.81. The molecule has 288 valence electrons. The molecule has 3 aliphatic rings. The van der Waals surface area contributed by atoms with Crippen molar-refractivity contribution in [2.24, 2.45) is 4.99 Å². The number of hydrogen-bond acceptors (Lipinski definition) is 3. The molecule has 3 nitrogen and oxygen atoms in total. The highest BCUT2D eigenvalue weighted by Gasteiger charge is 2.36. The molecule has 1 aliphatic heterocycles. The Labute approximate surface area is 358 Å². The first-order valence-electron chi connectivity index (χ1n) is 21.2. The maximum absolute atomic E-state index is 5.56. The number of allylic oxidation sites excluding steroid dienone is 2. The SMILES string of the molecule is CC1(C)c2ccccc2-c2ccc(C3=C4C=CC=CC4NC(n4c5ccccc5c5c6ccc(-c7ccc(-c8cccc9c8sc8ccccc89)cc7)cc6ccc54)=N3)cc21. The van der Waals surface area contributed by atoms with E-state index >= 15 is 0 Å². The molecule has 0 radical (unpaired) electrons. The van der Waals surface area contributed by atoms with Crippen molar-refractivity contribution in [1.82, 2.24) is 9.88 Å². The molecule has 8 aromatic carbocycles. The van der Waals surface area contributed by atoms with Crippen LogP contribution in [0, 0.1) is 0 Å². The number of fused-ring (bicyclic) bond motifs is 12. The molecule has 3 heterocycles. The number of nitrogens with one attached hydrogen (secondary N) is 1. The first-order valence-corrected chi connectivity index (χ1v) is 22.0. The van der Waals surface area contributed by atoms with Crippen LogP contribution in [0.1, 0.15) is 30.5 Å². The molecule has 0 saturated carbocycles. The van der Waals surface area contributed by atoms with E-state index < -0.39 is 0 Å². The maximum Gasteiger partial charge on any atom is 0.209 e. The third-order valence-electron chi connectivity index (χ3n) is 13.5. The third-order valence-corrected chi connectivity index (χ3v) is 14.7. The number of para-hydroxylation sites is 1. The largest absolute Gasteiger partial charge is 0.345 e. The van der Waals surface area contributed by atoms with Crippen molar-refractivity contribution in [3.8, 4) is 33.4 Å². The first-order chi connectivity index (χ1) is 30.0. The Morgan fingerprint density at radius 3 is 2.21 bits per heavy atom. The maximum atomic E-state index is 5.56. The van der Waals surface area contributed by atoms with E-state index in [1.54, 1.807) is 0 Å². The number of aromatic nitrogens is 1. The Bertz CT molecular complexity index is 3640. The van der Waals surface area contributed by atoms with Gasteiger partial charge in [0.15, 0.2) is 0 Å². The Balaban J connectivity index is 0.911. The molecule has 1 atom stereocenters. The van der Waals surface area contributed by atoms with Gasteiger partial charge in [-0.25, -0.2) is 4.99 Å². The van der Waals surface area contributed by atoms with E-state index in [0.717, 1.165) is 28.3 Å². The second kappa shape index (κ2) is 12.9. The predicted octanol–water partition coefficient (Wildman–Crippen LogP) is 14.7. The van der Waals surface area contributed by atoms with Crippen LogP contribution in [0.15, 0.2) is 199 Å². The summed E-state index contributed by atoms with van der Waals surface area (Å²) in [5.41, 5.74) is 15.8. The minimum absolute atomic E-state index is 0.00515. The van der Waals surface area contributed by atoms with E-state index in [-0.39, 0.29) is 11.5 Å². The fraction of sp³-hybridized carbons (Fsp3) is 0.0702. The molecule has 0 saturated heterocycles. The average Bonchev–Trinajstić information content (AvgIpc) is 3.94. The molecule has 61 heavy (non-hydrogen) atoms. The summed E-state index contributed by atoms with van der Waals surface area (Å²) in [5, 5.41) is 11.4. The molecule has 1 N–H and O–H groups in total. The molecular weight excluding hydrogens is 759 g/mol. The van der Waals surface area contributed by atoms with E-state index in [1.807, 2.05) is 11.3 Å². The van der Waals surface area contributed by atoms with Crippen molar-refractivity contribution in [3.05, 3.63) is 210 Å². The van der Waals surface area contributed by atoms with Crippen molar-refractivity contribution in [2.75, 3.05) is 0 Å². The standard InChI is InChI=1S/C57H39N3S/c1-57(2)47-18-7-3-12-41(47)42-30-27-38(33-48(42)57)54-45-14-4-8-19-49(45)58-56(59-54)60-50-20-9-5-15-46(50)53-39-29-26-36(32-37(39)28-31-51(53)60)34-22-24-35(25-23-34)40-16-11-17-44-43-13-6-10-21-52(43)61-55(40)44/h3-33,49H,1-2H3,(H,58,59). The lowest BCUT2D eigenvalue weighted by Gasteiger charge is -2.29. The zero-order valence-electron chi connectivity index (χ0n) is 33.8. The zero-order chi connectivity index (χ0) is 40.4. The molecule has 4 heteroatoms. The Kier molecular flexibility index (Phi) is 7.29. The molecule has 0 spiro atoms. The van der Waals surface area contributed by atoms with Crippen LogP contribution in [0.3, 0.4) is 0 Å². The molecule has 10 aromatic rings. The molecule has 2 aromatic heterocycles. The summed E-state index contributed by atoms with van der Waals surface area (Å²) in [6, 6.07) is 60.6. The molecule has 1 unspecified atom stereocenters. The second-order valence-electron chi connectivity index (χ2n) is 17.1. The van der Waals surface area contributed by atoms with Crippen molar-refractivity contribution in [1.29, 1.82) is 0 Å². The lowest BCUT2D eigenvalue weighted by Crippen LogP contribution is -2.42. The van der Waals surface area contributed by atoms with Gasteiger partial charge in [-0.05, 0) is 85.6 Å². The summed E-state index contributed by atoms with van der Waals surface area (Å²) in [6.07, 6.45) is 8.74. The van der Waals surface area contributed by atoms with Gasteiger partial charge < -0.3 is 5.32 Å². The monoisotopic (exact) mass is 797 g/mol. The summed E-state index contributed by atoms with van der Waals surface area (Å²) in [4.78, 5) is 5.56. The summed E-state index contributed by atoms with van der Waals surface area (Å²) in [6.45, 7) is 4.69. The van der Waals surface area contributed by atoms with E-state index in [4.69, 9.17) is 4.99 Å². The van der Waals surface area contributed by atoms with Crippen LogP contribution in [0.4, 0.5) is 0 Å². The van der Waals surface area contributed by atoms with Gasteiger partial charge in [0.25, 0.3) is 0 Å². The normalized spacial score (nSPS) is 16.4. The first kappa shape index (κ1) is 34.6. The molecule has 0 amide bonds. The Hall–Kier alpha value is -7.27. The van der Waals surface area contributed by atoms with E-state index in [1.165, 1.54) is 91.8 Å². The predicted molar refractivity (Wildman–Crippen MR) is 260 cm³/mol. The highest BCUT2D eigenvalue weighted by molar-refractivity contribution is 7.26. The van der Waals surface area contributed by atoms with Gasteiger partial charge in [-0.3, -0.25) is 4.57 Å². The number of benzene rings is 8. The number of aliphatic imine (C=N–C) groups is 1.